The zero-order chi connectivity index (χ0) is 13.1. The van der Waals surface area contributed by atoms with E-state index in [1.54, 1.807) is 18.0 Å². The number of hydrogen-bond acceptors (Lipinski definition) is 3. The fourth-order valence-corrected chi connectivity index (χ4v) is 3.08. The molecule has 0 N–H and O–H groups in total. The third-order valence-electron chi connectivity index (χ3n) is 3.50. The summed E-state index contributed by atoms with van der Waals surface area (Å²) in [6.07, 6.45) is 5.93. The van der Waals surface area contributed by atoms with Crippen LogP contribution in [-0.4, -0.2) is 38.7 Å². The van der Waals surface area contributed by atoms with Crippen LogP contribution >= 0.6 is 11.8 Å². The van der Waals surface area contributed by atoms with Gasteiger partial charge in [0, 0.05) is 32.5 Å². The second kappa shape index (κ2) is 5.78. The van der Waals surface area contributed by atoms with Gasteiger partial charge in [-0.1, -0.05) is 18.7 Å². The van der Waals surface area contributed by atoms with Crippen LogP contribution in [0.1, 0.15) is 26.7 Å². The number of nitrogens with zero attached hydrogens (tertiary/aromatic N) is 3. The minimum Gasteiger partial charge on any atom is -0.342 e. The van der Waals surface area contributed by atoms with Gasteiger partial charge in [-0.2, -0.15) is 0 Å². The van der Waals surface area contributed by atoms with Crippen molar-refractivity contribution in [3.05, 3.63) is 12.4 Å². The highest BCUT2D eigenvalue weighted by Gasteiger charge is 2.25. The summed E-state index contributed by atoms with van der Waals surface area (Å²) in [4.78, 5) is 18.6. The van der Waals surface area contributed by atoms with Crippen LogP contribution in [-0.2, 0) is 11.8 Å². The lowest BCUT2D eigenvalue weighted by molar-refractivity contribution is -0.131. The molecule has 0 unspecified atom stereocenters. The van der Waals surface area contributed by atoms with Gasteiger partial charge < -0.3 is 9.47 Å². The highest BCUT2D eigenvalue weighted by molar-refractivity contribution is 8.00. The lowest BCUT2D eigenvalue weighted by Gasteiger charge is -2.31. The molecule has 1 saturated heterocycles. The molecule has 0 aromatic carbocycles. The van der Waals surface area contributed by atoms with E-state index >= 15 is 0 Å². The van der Waals surface area contributed by atoms with Crippen LogP contribution in [0.15, 0.2) is 17.6 Å². The Morgan fingerprint density at radius 3 is 2.72 bits per heavy atom. The maximum Gasteiger partial charge on any atom is 0.235 e. The van der Waals surface area contributed by atoms with Gasteiger partial charge in [0.25, 0.3) is 0 Å². The lowest BCUT2D eigenvalue weighted by atomic mass is 9.99. The molecule has 0 radical (unpaired) electrons. The topological polar surface area (TPSA) is 38.1 Å². The number of hydrogen-bond donors (Lipinski definition) is 0. The lowest BCUT2D eigenvalue weighted by Crippen LogP contribution is -2.41. The van der Waals surface area contributed by atoms with Crippen molar-refractivity contribution in [2.45, 2.75) is 37.1 Å². The van der Waals surface area contributed by atoms with Crippen LogP contribution in [0.2, 0.25) is 0 Å². The van der Waals surface area contributed by atoms with Crippen molar-refractivity contribution in [1.82, 2.24) is 14.5 Å². The van der Waals surface area contributed by atoms with Gasteiger partial charge in [-0.25, -0.2) is 4.98 Å². The average molecular weight is 267 g/mol. The minimum atomic E-state index is -0.0560. The van der Waals surface area contributed by atoms with Crippen LogP contribution in [0, 0.1) is 5.92 Å². The smallest absolute Gasteiger partial charge is 0.235 e. The Morgan fingerprint density at radius 1 is 1.50 bits per heavy atom. The fraction of sp³-hybridized carbons (Fsp3) is 0.692. The van der Waals surface area contributed by atoms with E-state index in [2.05, 4.69) is 11.9 Å². The Bertz CT molecular complexity index is 410. The summed E-state index contributed by atoms with van der Waals surface area (Å²) >= 11 is 1.54. The number of aryl methyl sites for hydroxylation is 1. The summed E-state index contributed by atoms with van der Waals surface area (Å²) in [5, 5.41) is 0.848. The van der Waals surface area contributed by atoms with Gasteiger partial charge in [-0.05, 0) is 25.7 Å². The predicted octanol–water partition coefficient (Wildman–Crippen LogP) is 2.16. The van der Waals surface area contributed by atoms with Gasteiger partial charge >= 0.3 is 0 Å². The Labute approximate surface area is 113 Å². The molecule has 4 nitrogen and oxygen atoms in total. The van der Waals surface area contributed by atoms with Gasteiger partial charge in [0.15, 0.2) is 5.16 Å². The summed E-state index contributed by atoms with van der Waals surface area (Å²) in [5.74, 6) is 1.00. The summed E-state index contributed by atoms with van der Waals surface area (Å²) in [6.45, 7) is 6.05. The van der Waals surface area contributed by atoms with Crippen molar-refractivity contribution in [1.29, 1.82) is 0 Å². The van der Waals surface area contributed by atoms with Gasteiger partial charge in [-0.3, -0.25) is 4.79 Å². The van der Waals surface area contributed by atoms with E-state index in [1.807, 2.05) is 29.6 Å². The predicted molar refractivity (Wildman–Crippen MR) is 73.5 cm³/mol. The largest absolute Gasteiger partial charge is 0.342 e. The summed E-state index contributed by atoms with van der Waals surface area (Å²) in [6, 6.07) is 0. The van der Waals surface area contributed by atoms with Crippen molar-refractivity contribution in [2.24, 2.45) is 13.0 Å². The Balaban J connectivity index is 1.91. The van der Waals surface area contributed by atoms with Crippen molar-refractivity contribution < 1.29 is 4.79 Å². The molecular formula is C13H21N3OS. The normalized spacial score (nSPS) is 18.9. The van der Waals surface area contributed by atoms with E-state index < -0.39 is 0 Å². The highest BCUT2D eigenvalue weighted by Crippen LogP contribution is 2.24. The number of imidazole rings is 1. The zero-order valence-corrected chi connectivity index (χ0v) is 12.1. The molecule has 1 amide bonds. The molecule has 0 bridgehead atoms. The number of likely N-dealkylation sites (tertiary alicyclic amines) is 1. The van der Waals surface area contributed by atoms with Crippen LogP contribution in [0.4, 0.5) is 0 Å². The molecule has 18 heavy (non-hydrogen) atoms. The van der Waals surface area contributed by atoms with Gasteiger partial charge in [-0.15, -0.1) is 0 Å². The molecule has 100 valence electrons. The van der Waals surface area contributed by atoms with Crippen LogP contribution in [0.3, 0.4) is 0 Å². The van der Waals surface area contributed by atoms with E-state index in [4.69, 9.17) is 0 Å². The van der Waals surface area contributed by atoms with E-state index in [1.165, 1.54) is 0 Å². The number of aromatic nitrogens is 2. The molecule has 1 atom stereocenters. The molecule has 1 aromatic heterocycles. The van der Waals surface area contributed by atoms with Gasteiger partial charge in [0.2, 0.25) is 5.91 Å². The minimum absolute atomic E-state index is 0.0560. The van der Waals surface area contributed by atoms with E-state index in [0.717, 1.165) is 37.0 Å². The molecule has 5 heteroatoms. The maximum atomic E-state index is 12.3. The molecule has 1 aliphatic rings. The van der Waals surface area contributed by atoms with Crippen molar-refractivity contribution in [3.8, 4) is 0 Å². The molecule has 1 aromatic rings. The van der Waals surface area contributed by atoms with E-state index in [9.17, 15) is 4.79 Å². The molecule has 2 heterocycles. The van der Waals surface area contributed by atoms with Gasteiger partial charge in [0.05, 0.1) is 5.25 Å². The van der Waals surface area contributed by atoms with E-state index in [0.29, 0.717) is 0 Å². The molecule has 0 spiro atoms. The SMILES string of the molecule is CC1CCN(C(=O)[C@@H](C)Sc2nccn2C)CC1. The van der Waals surface area contributed by atoms with Gasteiger partial charge in [0.1, 0.15) is 0 Å². The number of carbonyl (C=O) groups is 1. The van der Waals surface area contributed by atoms with E-state index in [-0.39, 0.29) is 11.2 Å². The number of amides is 1. The maximum absolute atomic E-state index is 12.3. The van der Waals surface area contributed by atoms with Crippen molar-refractivity contribution >= 4 is 17.7 Å². The van der Waals surface area contributed by atoms with Crippen LogP contribution < -0.4 is 0 Å². The second-order valence-corrected chi connectivity index (χ2v) is 6.40. The van der Waals surface area contributed by atoms with Crippen LogP contribution in [0.25, 0.3) is 0 Å². The van der Waals surface area contributed by atoms with Crippen molar-refractivity contribution in [2.75, 3.05) is 13.1 Å². The first-order valence-corrected chi connectivity index (χ1v) is 7.38. The Morgan fingerprint density at radius 2 is 2.17 bits per heavy atom. The number of rotatable bonds is 3. The highest BCUT2D eigenvalue weighted by atomic mass is 32.2. The first kappa shape index (κ1) is 13.5. The fourth-order valence-electron chi connectivity index (χ4n) is 2.16. The number of carbonyl (C=O) groups excluding carboxylic acids is 1. The third kappa shape index (κ3) is 3.07. The molecule has 1 fully saturated rings. The number of thioether (sulfide) groups is 1. The first-order valence-electron chi connectivity index (χ1n) is 6.50. The quantitative estimate of drug-likeness (QED) is 0.788. The zero-order valence-electron chi connectivity index (χ0n) is 11.3. The first-order chi connectivity index (χ1) is 8.58. The number of piperidine rings is 1. The Kier molecular flexibility index (Phi) is 4.32. The summed E-state index contributed by atoms with van der Waals surface area (Å²) < 4.78 is 1.95. The molecule has 2 rings (SSSR count). The average Bonchev–Trinajstić information content (AvgIpc) is 2.75. The molecular weight excluding hydrogens is 246 g/mol. The third-order valence-corrected chi connectivity index (χ3v) is 4.66. The van der Waals surface area contributed by atoms with Crippen molar-refractivity contribution in [3.63, 3.8) is 0 Å². The Hall–Kier alpha value is -0.970. The second-order valence-electron chi connectivity index (χ2n) is 5.09. The molecule has 0 saturated carbocycles. The summed E-state index contributed by atoms with van der Waals surface area (Å²) in [7, 11) is 1.95. The molecule has 1 aliphatic heterocycles. The standard InChI is InChI=1S/C13H21N3OS/c1-10-4-7-16(8-5-10)12(17)11(2)18-13-14-6-9-15(13)3/h6,9-11H,4-5,7-8H2,1-3H3/t11-/m1/s1. The molecule has 0 aliphatic carbocycles. The summed E-state index contributed by atoms with van der Waals surface area (Å²) in [5.41, 5.74) is 0. The monoisotopic (exact) mass is 267 g/mol. The van der Waals surface area contributed by atoms with Crippen LogP contribution in [0.5, 0.6) is 0 Å².